The predicted molar refractivity (Wildman–Crippen MR) is 220 cm³/mol. The van der Waals surface area contributed by atoms with Crippen molar-refractivity contribution >= 4 is 17.9 Å². The molecule has 0 saturated heterocycles. The maximum atomic E-state index is 12.7. The normalized spacial score (nSPS) is 12.0. The van der Waals surface area contributed by atoms with Crippen LogP contribution in [0.25, 0.3) is 0 Å². The fourth-order valence-corrected chi connectivity index (χ4v) is 6.55. The van der Waals surface area contributed by atoms with Crippen molar-refractivity contribution in [3.05, 3.63) is 12.2 Å². The third-order valence-corrected chi connectivity index (χ3v) is 10.0. The first-order valence-electron chi connectivity index (χ1n) is 22.7. The molecule has 0 N–H and O–H groups in total. The molecule has 0 aliphatic rings. The van der Waals surface area contributed by atoms with Gasteiger partial charge in [0.25, 0.3) is 0 Å². The van der Waals surface area contributed by atoms with Crippen LogP contribution < -0.4 is 0 Å². The van der Waals surface area contributed by atoms with Crippen molar-refractivity contribution in [3.63, 3.8) is 0 Å². The van der Waals surface area contributed by atoms with Gasteiger partial charge in [-0.05, 0) is 44.9 Å². The van der Waals surface area contributed by atoms with E-state index in [1.807, 2.05) is 0 Å². The summed E-state index contributed by atoms with van der Waals surface area (Å²) in [5.74, 6) is -0.872. The zero-order valence-electron chi connectivity index (χ0n) is 34.8. The number of rotatable bonds is 41. The van der Waals surface area contributed by atoms with Gasteiger partial charge in [0.05, 0.1) is 0 Å². The van der Waals surface area contributed by atoms with Crippen molar-refractivity contribution in [1.82, 2.24) is 0 Å². The molecular formula is C46H86O6. The van der Waals surface area contributed by atoms with Crippen molar-refractivity contribution < 1.29 is 28.6 Å². The summed E-state index contributed by atoms with van der Waals surface area (Å²) in [6.07, 6.45) is 43.3. The molecule has 0 spiro atoms. The third-order valence-electron chi connectivity index (χ3n) is 10.0. The molecule has 0 rings (SSSR count). The van der Waals surface area contributed by atoms with Crippen molar-refractivity contribution in [2.45, 2.75) is 252 Å². The number of ether oxygens (including phenoxy) is 3. The summed E-state index contributed by atoms with van der Waals surface area (Å²) in [5, 5.41) is 0. The number of esters is 3. The highest BCUT2D eigenvalue weighted by molar-refractivity contribution is 5.71. The minimum absolute atomic E-state index is 0.0684. The van der Waals surface area contributed by atoms with Crippen LogP contribution in [0.1, 0.15) is 245 Å². The second-order valence-corrected chi connectivity index (χ2v) is 15.3. The molecule has 52 heavy (non-hydrogen) atoms. The van der Waals surface area contributed by atoms with Crippen LogP contribution in [0.3, 0.4) is 0 Å². The van der Waals surface area contributed by atoms with Crippen LogP contribution in [0.2, 0.25) is 0 Å². The Morgan fingerprint density at radius 1 is 0.365 bits per heavy atom. The van der Waals surface area contributed by atoms with Crippen molar-refractivity contribution in [3.8, 4) is 0 Å². The van der Waals surface area contributed by atoms with Gasteiger partial charge in [0.2, 0.25) is 0 Å². The van der Waals surface area contributed by atoms with Gasteiger partial charge in [0.1, 0.15) is 13.2 Å². The van der Waals surface area contributed by atoms with E-state index in [0.29, 0.717) is 19.3 Å². The standard InChI is InChI=1S/C46H86O6/c1-4-7-10-13-16-19-22-23-25-27-30-33-36-39-45(48)51-42-43(41-50-44(47)38-35-32-29-26-21-18-15-12-9-6-3)52-46(49)40-37-34-31-28-24-20-17-14-11-8-5-2/h19,22,43H,4-18,20-21,23-42H2,1-3H3/b22-19-. The van der Waals surface area contributed by atoms with Gasteiger partial charge in [-0.25, -0.2) is 0 Å². The second kappa shape index (κ2) is 41.9. The molecule has 0 aliphatic heterocycles. The molecule has 0 aromatic heterocycles. The van der Waals surface area contributed by atoms with Crippen molar-refractivity contribution in [2.24, 2.45) is 0 Å². The Kier molecular flexibility index (Phi) is 40.4. The van der Waals surface area contributed by atoms with Gasteiger partial charge in [-0.1, -0.05) is 193 Å². The minimum Gasteiger partial charge on any atom is -0.462 e. The molecule has 0 aromatic carbocycles. The molecule has 0 bridgehead atoms. The Morgan fingerprint density at radius 2 is 0.635 bits per heavy atom. The number of hydrogen-bond donors (Lipinski definition) is 0. The SMILES string of the molecule is CCCCCC/C=C\CCCCCCCC(=O)OCC(COC(=O)CCCCCCCCCCCC)OC(=O)CCCCCCCCCCCCC. The monoisotopic (exact) mass is 735 g/mol. The summed E-state index contributed by atoms with van der Waals surface area (Å²) in [4.78, 5) is 37.6. The summed E-state index contributed by atoms with van der Waals surface area (Å²) in [7, 11) is 0. The highest BCUT2D eigenvalue weighted by Gasteiger charge is 2.19. The molecular weight excluding hydrogens is 648 g/mol. The topological polar surface area (TPSA) is 78.9 Å². The summed E-state index contributed by atoms with van der Waals surface area (Å²) in [6, 6.07) is 0. The first kappa shape index (κ1) is 50.1. The van der Waals surface area contributed by atoms with Gasteiger partial charge in [-0.2, -0.15) is 0 Å². The van der Waals surface area contributed by atoms with E-state index < -0.39 is 6.10 Å². The van der Waals surface area contributed by atoms with E-state index in [4.69, 9.17) is 14.2 Å². The van der Waals surface area contributed by atoms with Crippen LogP contribution in [0, 0.1) is 0 Å². The van der Waals surface area contributed by atoms with Crippen molar-refractivity contribution in [1.29, 1.82) is 0 Å². The molecule has 6 heteroatoms. The molecule has 0 heterocycles. The van der Waals surface area contributed by atoms with Crippen LogP contribution in [-0.4, -0.2) is 37.2 Å². The maximum absolute atomic E-state index is 12.7. The molecule has 1 atom stereocenters. The summed E-state index contributed by atoms with van der Waals surface area (Å²) >= 11 is 0. The lowest BCUT2D eigenvalue weighted by atomic mass is 10.1. The highest BCUT2D eigenvalue weighted by atomic mass is 16.6. The van der Waals surface area contributed by atoms with Gasteiger partial charge >= 0.3 is 17.9 Å². The fourth-order valence-electron chi connectivity index (χ4n) is 6.55. The number of unbranched alkanes of at least 4 members (excludes halogenated alkanes) is 28. The van der Waals surface area contributed by atoms with Crippen molar-refractivity contribution in [2.75, 3.05) is 13.2 Å². The Bertz CT molecular complexity index is 809. The molecule has 306 valence electrons. The van der Waals surface area contributed by atoms with Crippen LogP contribution in [0.15, 0.2) is 12.2 Å². The van der Waals surface area contributed by atoms with Crippen LogP contribution >= 0.6 is 0 Å². The number of allylic oxidation sites excluding steroid dienone is 2. The number of carbonyl (C=O) groups is 3. The van der Waals surface area contributed by atoms with E-state index in [1.165, 1.54) is 141 Å². The molecule has 0 amide bonds. The summed E-state index contributed by atoms with van der Waals surface area (Å²) in [6.45, 7) is 6.60. The van der Waals surface area contributed by atoms with Gasteiger partial charge in [-0.15, -0.1) is 0 Å². The lowest BCUT2D eigenvalue weighted by Gasteiger charge is -2.18. The van der Waals surface area contributed by atoms with Gasteiger partial charge in [0, 0.05) is 19.3 Å². The molecule has 1 unspecified atom stereocenters. The molecule has 0 aliphatic carbocycles. The fraction of sp³-hybridized carbons (Fsp3) is 0.891. The quantitative estimate of drug-likeness (QED) is 0.0269. The summed E-state index contributed by atoms with van der Waals surface area (Å²) in [5.41, 5.74) is 0. The number of hydrogen-bond acceptors (Lipinski definition) is 6. The number of carbonyl (C=O) groups excluding carboxylic acids is 3. The van der Waals surface area contributed by atoms with E-state index >= 15 is 0 Å². The Balaban J connectivity index is 4.34. The molecule has 6 nitrogen and oxygen atoms in total. The molecule has 0 radical (unpaired) electrons. The van der Waals surface area contributed by atoms with E-state index in [-0.39, 0.29) is 31.1 Å². The minimum atomic E-state index is -0.763. The third kappa shape index (κ3) is 39.4. The first-order chi connectivity index (χ1) is 25.5. The summed E-state index contributed by atoms with van der Waals surface area (Å²) < 4.78 is 16.7. The highest BCUT2D eigenvalue weighted by Crippen LogP contribution is 2.15. The van der Waals surface area contributed by atoms with Gasteiger partial charge < -0.3 is 14.2 Å². The Hall–Kier alpha value is -1.85. The van der Waals surface area contributed by atoms with E-state index in [0.717, 1.165) is 64.2 Å². The van der Waals surface area contributed by atoms with E-state index in [9.17, 15) is 14.4 Å². The zero-order valence-corrected chi connectivity index (χ0v) is 34.8. The average Bonchev–Trinajstić information content (AvgIpc) is 3.14. The predicted octanol–water partition coefficient (Wildman–Crippen LogP) is 14.3. The van der Waals surface area contributed by atoms with Gasteiger partial charge in [0.15, 0.2) is 6.10 Å². The smallest absolute Gasteiger partial charge is 0.306 e. The molecule has 0 fully saturated rings. The second-order valence-electron chi connectivity index (χ2n) is 15.3. The van der Waals surface area contributed by atoms with E-state index in [2.05, 4.69) is 32.9 Å². The van der Waals surface area contributed by atoms with Crippen LogP contribution in [0.4, 0.5) is 0 Å². The Labute approximate surface area is 322 Å². The maximum Gasteiger partial charge on any atom is 0.306 e. The van der Waals surface area contributed by atoms with Crippen LogP contribution in [-0.2, 0) is 28.6 Å². The molecule has 0 aromatic rings. The average molecular weight is 735 g/mol. The van der Waals surface area contributed by atoms with Crippen LogP contribution in [0.5, 0.6) is 0 Å². The Morgan fingerprint density at radius 3 is 0.981 bits per heavy atom. The zero-order chi connectivity index (χ0) is 38.0. The lowest BCUT2D eigenvalue weighted by Crippen LogP contribution is -2.30. The molecule has 0 saturated carbocycles. The largest absolute Gasteiger partial charge is 0.462 e. The first-order valence-corrected chi connectivity index (χ1v) is 22.7. The van der Waals surface area contributed by atoms with E-state index in [1.54, 1.807) is 0 Å². The van der Waals surface area contributed by atoms with Gasteiger partial charge in [-0.3, -0.25) is 14.4 Å². The lowest BCUT2D eigenvalue weighted by molar-refractivity contribution is -0.167.